The van der Waals surface area contributed by atoms with Crippen molar-refractivity contribution >= 4 is 21.6 Å². The van der Waals surface area contributed by atoms with E-state index in [1.54, 1.807) is 0 Å². The molecule has 0 aliphatic carbocycles. The number of aryl methyl sites for hydroxylation is 1. The minimum Gasteiger partial charge on any atom is -0.454 e. The van der Waals surface area contributed by atoms with Gasteiger partial charge in [0, 0.05) is 16.2 Å². The first kappa shape index (κ1) is 14.3. The molecular formula is C17H18BrNO2. The summed E-state index contributed by atoms with van der Waals surface area (Å²) in [4.78, 5) is 0. The van der Waals surface area contributed by atoms with Crippen LogP contribution in [0.4, 0.5) is 5.69 Å². The molecule has 0 aromatic heterocycles. The van der Waals surface area contributed by atoms with E-state index in [1.165, 1.54) is 5.56 Å². The fourth-order valence-electron chi connectivity index (χ4n) is 2.40. The Morgan fingerprint density at radius 1 is 1.14 bits per heavy atom. The topological polar surface area (TPSA) is 30.5 Å². The Bertz CT molecular complexity index is 630. The standard InChI is InChI=1S/C17H18BrNO2/c1-12(19-15-5-3-2-4-14(15)18)6-7-13-8-9-16-17(10-13)21-11-20-16/h2-5,8-10,12,19H,6-7,11H2,1H3. The molecule has 0 radical (unpaired) electrons. The van der Waals surface area contributed by atoms with Gasteiger partial charge < -0.3 is 14.8 Å². The molecular weight excluding hydrogens is 330 g/mol. The highest BCUT2D eigenvalue weighted by atomic mass is 79.9. The predicted octanol–water partition coefficient (Wildman–Crippen LogP) is 4.61. The first-order valence-electron chi connectivity index (χ1n) is 7.12. The summed E-state index contributed by atoms with van der Waals surface area (Å²) in [6.07, 6.45) is 2.07. The van der Waals surface area contributed by atoms with Gasteiger partial charge in [0.25, 0.3) is 0 Å². The summed E-state index contributed by atoms with van der Waals surface area (Å²) in [6.45, 7) is 2.53. The molecule has 0 spiro atoms. The highest BCUT2D eigenvalue weighted by Gasteiger charge is 2.13. The Balaban J connectivity index is 1.56. The number of anilines is 1. The molecule has 110 valence electrons. The van der Waals surface area contributed by atoms with Crippen LogP contribution in [0.1, 0.15) is 18.9 Å². The zero-order valence-electron chi connectivity index (χ0n) is 11.9. The second kappa shape index (κ2) is 6.39. The van der Waals surface area contributed by atoms with Gasteiger partial charge in [-0.3, -0.25) is 0 Å². The van der Waals surface area contributed by atoms with Crippen molar-refractivity contribution in [2.24, 2.45) is 0 Å². The Labute approximate surface area is 133 Å². The molecule has 1 N–H and O–H groups in total. The number of benzene rings is 2. The van der Waals surface area contributed by atoms with E-state index in [2.05, 4.69) is 46.4 Å². The van der Waals surface area contributed by atoms with E-state index in [1.807, 2.05) is 24.3 Å². The summed E-state index contributed by atoms with van der Waals surface area (Å²) in [6, 6.07) is 14.8. The summed E-state index contributed by atoms with van der Waals surface area (Å²) in [5, 5.41) is 3.53. The number of ether oxygens (including phenoxy) is 2. The lowest BCUT2D eigenvalue weighted by molar-refractivity contribution is 0.174. The van der Waals surface area contributed by atoms with E-state index >= 15 is 0 Å². The molecule has 3 rings (SSSR count). The molecule has 1 atom stereocenters. The van der Waals surface area contributed by atoms with Crippen molar-refractivity contribution in [3.63, 3.8) is 0 Å². The van der Waals surface area contributed by atoms with E-state index in [4.69, 9.17) is 9.47 Å². The number of nitrogens with one attached hydrogen (secondary N) is 1. The first-order valence-corrected chi connectivity index (χ1v) is 7.91. The molecule has 1 aliphatic heterocycles. The minimum atomic E-state index is 0.332. The van der Waals surface area contributed by atoms with Crippen LogP contribution in [0.25, 0.3) is 0 Å². The van der Waals surface area contributed by atoms with Gasteiger partial charge in [-0.1, -0.05) is 18.2 Å². The molecule has 2 aromatic carbocycles. The van der Waals surface area contributed by atoms with Gasteiger partial charge in [0.05, 0.1) is 0 Å². The lowest BCUT2D eigenvalue weighted by Crippen LogP contribution is -2.16. The Kier molecular flexibility index (Phi) is 4.34. The molecule has 1 unspecified atom stereocenters. The van der Waals surface area contributed by atoms with E-state index in [0.717, 1.165) is 34.5 Å². The number of hydrogen-bond donors (Lipinski definition) is 1. The van der Waals surface area contributed by atoms with Gasteiger partial charge >= 0.3 is 0 Å². The van der Waals surface area contributed by atoms with Crippen LogP contribution in [0, 0.1) is 0 Å². The Hall–Kier alpha value is -1.68. The molecule has 2 aromatic rings. The SMILES string of the molecule is CC(CCc1ccc2c(c1)OCO2)Nc1ccccc1Br. The second-order valence-electron chi connectivity index (χ2n) is 5.25. The van der Waals surface area contributed by atoms with Crippen molar-refractivity contribution in [3.05, 3.63) is 52.5 Å². The number of hydrogen-bond acceptors (Lipinski definition) is 3. The quantitative estimate of drug-likeness (QED) is 0.856. The fraction of sp³-hybridized carbons (Fsp3) is 0.294. The molecule has 1 aliphatic rings. The van der Waals surface area contributed by atoms with Crippen LogP contribution < -0.4 is 14.8 Å². The third kappa shape index (κ3) is 3.50. The molecule has 3 nitrogen and oxygen atoms in total. The average Bonchev–Trinajstić information content (AvgIpc) is 2.95. The van der Waals surface area contributed by atoms with Crippen LogP contribution in [-0.2, 0) is 6.42 Å². The van der Waals surface area contributed by atoms with Crippen molar-refractivity contribution in [2.75, 3.05) is 12.1 Å². The maximum absolute atomic E-state index is 5.41. The van der Waals surface area contributed by atoms with Gasteiger partial charge in [0.2, 0.25) is 6.79 Å². The van der Waals surface area contributed by atoms with Crippen molar-refractivity contribution in [3.8, 4) is 11.5 Å². The molecule has 0 saturated carbocycles. The van der Waals surface area contributed by atoms with Crippen molar-refractivity contribution in [2.45, 2.75) is 25.8 Å². The predicted molar refractivity (Wildman–Crippen MR) is 88.1 cm³/mol. The molecule has 0 fully saturated rings. The monoisotopic (exact) mass is 347 g/mol. The molecule has 21 heavy (non-hydrogen) atoms. The van der Waals surface area contributed by atoms with E-state index in [-0.39, 0.29) is 0 Å². The third-order valence-corrected chi connectivity index (χ3v) is 4.27. The summed E-state index contributed by atoms with van der Waals surface area (Å²) >= 11 is 3.56. The van der Waals surface area contributed by atoms with Crippen LogP contribution in [-0.4, -0.2) is 12.8 Å². The molecule has 1 heterocycles. The maximum Gasteiger partial charge on any atom is 0.231 e. The van der Waals surface area contributed by atoms with Gasteiger partial charge in [-0.25, -0.2) is 0 Å². The van der Waals surface area contributed by atoms with Crippen molar-refractivity contribution in [1.29, 1.82) is 0 Å². The Morgan fingerprint density at radius 3 is 2.81 bits per heavy atom. The lowest BCUT2D eigenvalue weighted by Gasteiger charge is -2.16. The van der Waals surface area contributed by atoms with Gasteiger partial charge in [-0.2, -0.15) is 0 Å². The smallest absolute Gasteiger partial charge is 0.231 e. The van der Waals surface area contributed by atoms with Crippen LogP contribution in [0.3, 0.4) is 0 Å². The number of para-hydroxylation sites is 1. The summed E-state index contributed by atoms with van der Waals surface area (Å²) < 4.78 is 11.8. The van der Waals surface area contributed by atoms with Gasteiger partial charge in [-0.05, 0) is 65.5 Å². The Morgan fingerprint density at radius 2 is 1.95 bits per heavy atom. The number of fused-ring (bicyclic) bond motifs is 1. The molecule has 0 saturated heterocycles. The van der Waals surface area contributed by atoms with E-state index in [9.17, 15) is 0 Å². The van der Waals surface area contributed by atoms with Crippen molar-refractivity contribution < 1.29 is 9.47 Å². The largest absolute Gasteiger partial charge is 0.454 e. The first-order chi connectivity index (χ1) is 10.2. The van der Waals surface area contributed by atoms with Gasteiger partial charge in [0.1, 0.15) is 0 Å². The average molecular weight is 348 g/mol. The maximum atomic E-state index is 5.41. The fourth-order valence-corrected chi connectivity index (χ4v) is 2.79. The summed E-state index contributed by atoms with van der Waals surface area (Å²) in [5.74, 6) is 1.71. The van der Waals surface area contributed by atoms with Crippen LogP contribution in [0.5, 0.6) is 11.5 Å². The number of halogens is 1. The van der Waals surface area contributed by atoms with Crippen LogP contribution in [0.2, 0.25) is 0 Å². The van der Waals surface area contributed by atoms with Crippen molar-refractivity contribution in [1.82, 2.24) is 0 Å². The van der Waals surface area contributed by atoms with Gasteiger partial charge in [-0.15, -0.1) is 0 Å². The van der Waals surface area contributed by atoms with Crippen LogP contribution >= 0.6 is 15.9 Å². The highest BCUT2D eigenvalue weighted by Crippen LogP contribution is 2.33. The second-order valence-corrected chi connectivity index (χ2v) is 6.11. The number of rotatable bonds is 5. The zero-order valence-corrected chi connectivity index (χ0v) is 13.5. The van der Waals surface area contributed by atoms with E-state index in [0.29, 0.717) is 12.8 Å². The zero-order chi connectivity index (χ0) is 14.7. The lowest BCUT2D eigenvalue weighted by atomic mass is 10.1. The normalized spacial score (nSPS) is 14.0. The van der Waals surface area contributed by atoms with E-state index < -0.39 is 0 Å². The minimum absolute atomic E-state index is 0.332. The van der Waals surface area contributed by atoms with Crippen LogP contribution in [0.15, 0.2) is 46.9 Å². The molecule has 0 amide bonds. The third-order valence-electron chi connectivity index (χ3n) is 3.58. The summed E-state index contributed by atoms with van der Waals surface area (Å²) in [5.41, 5.74) is 2.41. The molecule has 4 heteroatoms. The molecule has 0 bridgehead atoms. The summed E-state index contributed by atoms with van der Waals surface area (Å²) in [7, 11) is 0. The van der Waals surface area contributed by atoms with Gasteiger partial charge in [0.15, 0.2) is 11.5 Å². The highest BCUT2D eigenvalue weighted by molar-refractivity contribution is 9.10.